The molecule has 16 heavy (non-hydrogen) atoms. The SMILES string of the molecule is CSc1ccc(C(O)c2ccccc2)nc1. The van der Waals surface area contributed by atoms with E-state index in [2.05, 4.69) is 4.98 Å². The molecule has 0 saturated heterocycles. The summed E-state index contributed by atoms with van der Waals surface area (Å²) in [5.74, 6) is 0. The first-order chi connectivity index (χ1) is 7.81. The summed E-state index contributed by atoms with van der Waals surface area (Å²) in [6.07, 6.45) is 3.15. The predicted octanol–water partition coefficient (Wildman–Crippen LogP) is 2.89. The Morgan fingerprint density at radius 1 is 1.12 bits per heavy atom. The highest BCUT2D eigenvalue weighted by Crippen LogP contribution is 2.21. The third-order valence-electron chi connectivity index (χ3n) is 2.39. The molecule has 0 fully saturated rings. The highest BCUT2D eigenvalue weighted by atomic mass is 32.2. The maximum atomic E-state index is 10.1. The second-order valence-corrected chi connectivity index (χ2v) is 4.32. The molecule has 0 aliphatic carbocycles. The molecule has 0 spiro atoms. The lowest BCUT2D eigenvalue weighted by atomic mass is 10.1. The quantitative estimate of drug-likeness (QED) is 0.824. The third-order valence-corrected chi connectivity index (χ3v) is 3.10. The van der Waals surface area contributed by atoms with Crippen molar-refractivity contribution in [2.45, 2.75) is 11.0 Å². The summed E-state index contributed by atoms with van der Waals surface area (Å²) in [5.41, 5.74) is 1.55. The molecule has 0 amide bonds. The van der Waals surface area contributed by atoms with Crippen LogP contribution in [0.3, 0.4) is 0 Å². The molecule has 1 N–H and O–H groups in total. The molecule has 2 aromatic rings. The Morgan fingerprint density at radius 3 is 2.44 bits per heavy atom. The lowest BCUT2D eigenvalue weighted by Gasteiger charge is -2.10. The van der Waals surface area contributed by atoms with Gasteiger partial charge in [-0.25, -0.2) is 0 Å². The van der Waals surface area contributed by atoms with Gasteiger partial charge in [0.15, 0.2) is 0 Å². The first-order valence-corrected chi connectivity index (χ1v) is 6.26. The van der Waals surface area contributed by atoms with E-state index < -0.39 is 6.10 Å². The number of aliphatic hydroxyl groups is 1. The molecular formula is C13H13NOS. The Hall–Kier alpha value is -1.32. The van der Waals surface area contributed by atoms with Crippen LogP contribution < -0.4 is 0 Å². The van der Waals surface area contributed by atoms with Crippen LogP contribution in [-0.4, -0.2) is 16.3 Å². The highest BCUT2D eigenvalue weighted by Gasteiger charge is 2.10. The number of aromatic nitrogens is 1. The van der Waals surface area contributed by atoms with Gasteiger partial charge in [0.05, 0.1) is 5.69 Å². The van der Waals surface area contributed by atoms with Gasteiger partial charge in [-0.3, -0.25) is 4.98 Å². The minimum Gasteiger partial charge on any atom is -0.382 e. The molecule has 0 radical (unpaired) electrons. The first kappa shape index (κ1) is 11.2. The lowest BCUT2D eigenvalue weighted by molar-refractivity contribution is 0.215. The molecule has 1 aromatic carbocycles. The van der Waals surface area contributed by atoms with E-state index in [0.29, 0.717) is 5.69 Å². The fraction of sp³-hybridized carbons (Fsp3) is 0.154. The van der Waals surface area contributed by atoms with Crippen LogP contribution in [0.5, 0.6) is 0 Å². The molecule has 0 bridgehead atoms. The van der Waals surface area contributed by atoms with Gasteiger partial charge < -0.3 is 5.11 Å². The third kappa shape index (κ3) is 2.43. The van der Waals surface area contributed by atoms with Crippen LogP contribution in [0.25, 0.3) is 0 Å². The van der Waals surface area contributed by atoms with E-state index in [1.807, 2.05) is 48.7 Å². The van der Waals surface area contributed by atoms with Crippen LogP contribution in [-0.2, 0) is 0 Å². The number of pyridine rings is 1. The van der Waals surface area contributed by atoms with Crippen molar-refractivity contribution in [1.29, 1.82) is 0 Å². The summed E-state index contributed by atoms with van der Waals surface area (Å²) in [5, 5.41) is 10.1. The van der Waals surface area contributed by atoms with E-state index in [1.165, 1.54) is 0 Å². The highest BCUT2D eigenvalue weighted by molar-refractivity contribution is 7.98. The normalized spacial score (nSPS) is 12.4. The van der Waals surface area contributed by atoms with Crippen LogP contribution in [0.4, 0.5) is 0 Å². The molecule has 2 nitrogen and oxygen atoms in total. The van der Waals surface area contributed by atoms with Crippen molar-refractivity contribution < 1.29 is 5.11 Å². The molecule has 1 unspecified atom stereocenters. The van der Waals surface area contributed by atoms with Crippen molar-refractivity contribution in [3.05, 3.63) is 59.9 Å². The summed E-state index contributed by atoms with van der Waals surface area (Å²) in [6.45, 7) is 0. The first-order valence-electron chi connectivity index (χ1n) is 5.04. The van der Waals surface area contributed by atoms with Gasteiger partial charge in [0, 0.05) is 11.1 Å². The molecule has 0 aliphatic rings. The monoisotopic (exact) mass is 231 g/mol. The van der Waals surface area contributed by atoms with Crippen molar-refractivity contribution in [2.75, 3.05) is 6.26 Å². The van der Waals surface area contributed by atoms with E-state index in [9.17, 15) is 5.11 Å². The van der Waals surface area contributed by atoms with Gasteiger partial charge in [0.1, 0.15) is 6.10 Å². The molecule has 1 atom stereocenters. The lowest BCUT2D eigenvalue weighted by Crippen LogP contribution is -2.01. The van der Waals surface area contributed by atoms with E-state index in [0.717, 1.165) is 10.5 Å². The number of hydrogen-bond donors (Lipinski definition) is 1. The van der Waals surface area contributed by atoms with Gasteiger partial charge in [-0.15, -0.1) is 11.8 Å². The second kappa shape index (κ2) is 5.14. The van der Waals surface area contributed by atoms with Crippen LogP contribution in [0.2, 0.25) is 0 Å². The average Bonchev–Trinajstić information content (AvgIpc) is 2.39. The zero-order valence-corrected chi connectivity index (χ0v) is 9.82. The smallest absolute Gasteiger partial charge is 0.121 e. The Kier molecular flexibility index (Phi) is 3.59. The number of rotatable bonds is 3. The van der Waals surface area contributed by atoms with Gasteiger partial charge in [-0.05, 0) is 24.0 Å². The molecule has 2 rings (SSSR count). The molecule has 1 aromatic heterocycles. The number of thioether (sulfide) groups is 1. The summed E-state index contributed by atoms with van der Waals surface area (Å²) in [4.78, 5) is 5.36. The molecular weight excluding hydrogens is 218 g/mol. The summed E-state index contributed by atoms with van der Waals surface area (Å²) in [7, 11) is 0. The Bertz CT molecular complexity index is 441. The second-order valence-electron chi connectivity index (χ2n) is 3.44. The predicted molar refractivity (Wildman–Crippen MR) is 66.5 cm³/mol. The number of aliphatic hydroxyl groups excluding tert-OH is 1. The maximum absolute atomic E-state index is 10.1. The van der Waals surface area contributed by atoms with Crippen LogP contribution in [0.15, 0.2) is 53.6 Å². The number of hydrogen-bond acceptors (Lipinski definition) is 3. The molecule has 0 aliphatic heterocycles. The van der Waals surface area contributed by atoms with Gasteiger partial charge in [0.2, 0.25) is 0 Å². The van der Waals surface area contributed by atoms with Crippen LogP contribution >= 0.6 is 11.8 Å². The van der Waals surface area contributed by atoms with E-state index in [-0.39, 0.29) is 0 Å². The van der Waals surface area contributed by atoms with Gasteiger partial charge in [-0.1, -0.05) is 30.3 Å². The zero-order valence-electron chi connectivity index (χ0n) is 9.00. The average molecular weight is 231 g/mol. The molecule has 3 heteroatoms. The summed E-state index contributed by atoms with van der Waals surface area (Å²) in [6, 6.07) is 13.4. The van der Waals surface area contributed by atoms with Crippen molar-refractivity contribution in [3.63, 3.8) is 0 Å². The fourth-order valence-electron chi connectivity index (χ4n) is 1.48. The van der Waals surface area contributed by atoms with Crippen molar-refractivity contribution in [3.8, 4) is 0 Å². The van der Waals surface area contributed by atoms with Crippen molar-refractivity contribution >= 4 is 11.8 Å². The molecule has 82 valence electrons. The van der Waals surface area contributed by atoms with Gasteiger partial charge in [0.25, 0.3) is 0 Å². The maximum Gasteiger partial charge on any atom is 0.121 e. The topological polar surface area (TPSA) is 33.1 Å². The van der Waals surface area contributed by atoms with Crippen LogP contribution in [0.1, 0.15) is 17.4 Å². The standard InChI is InChI=1S/C13H13NOS/c1-16-11-7-8-12(14-9-11)13(15)10-5-3-2-4-6-10/h2-9,13,15H,1H3. The Morgan fingerprint density at radius 2 is 1.88 bits per heavy atom. The minimum atomic E-state index is -0.642. The fourth-order valence-corrected chi connectivity index (χ4v) is 1.84. The van der Waals surface area contributed by atoms with E-state index in [4.69, 9.17) is 0 Å². The van der Waals surface area contributed by atoms with E-state index >= 15 is 0 Å². The molecule has 1 heterocycles. The number of nitrogens with zero attached hydrogens (tertiary/aromatic N) is 1. The van der Waals surface area contributed by atoms with E-state index in [1.54, 1.807) is 18.0 Å². The Labute approximate surface area is 99.4 Å². The Balaban J connectivity index is 2.24. The number of benzene rings is 1. The van der Waals surface area contributed by atoms with Gasteiger partial charge in [-0.2, -0.15) is 0 Å². The van der Waals surface area contributed by atoms with Gasteiger partial charge >= 0.3 is 0 Å². The minimum absolute atomic E-state index is 0.642. The summed E-state index contributed by atoms with van der Waals surface area (Å²) < 4.78 is 0. The van der Waals surface area contributed by atoms with Crippen molar-refractivity contribution in [2.24, 2.45) is 0 Å². The summed E-state index contributed by atoms with van der Waals surface area (Å²) >= 11 is 1.64. The molecule has 0 saturated carbocycles. The van der Waals surface area contributed by atoms with Crippen molar-refractivity contribution in [1.82, 2.24) is 4.98 Å². The largest absolute Gasteiger partial charge is 0.382 e. The zero-order chi connectivity index (χ0) is 11.4. The van der Waals surface area contributed by atoms with Crippen LogP contribution in [0, 0.1) is 0 Å².